The number of hydrogen-bond acceptors (Lipinski definition) is 4. The lowest BCUT2D eigenvalue weighted by Gasteiger charge is -2.44. The molecular weight excluding hydrogens is 334 g/mol. The maximum Gasteiger partial charge on any atom is 0.407 e. The van der Waals surface area contributed by atoms with Crippen molar-refractivity contribution in [2.24, 2.45) is 5.41 Å². The van der Waals surface area contributed by atoms with Gasteiger partial charge in [0.15, 0.2) is 0 Å². The van der Waals surface area contributed by atoms with Crippen molar-refractivity contribution in [2.75, 3.05) is 6.54 Å². The Labute approximate surface area is 153 Å². The van der Waals surface area contributed by atoms with Crippen molar-refractivity contribution < 1.29 is 19.4 Å². The van der Waals surface area contributed by atoms with Gasteiger partial charge in [-0.15, -0.1) is 0 Å². The molecule has 26 heavy (non-hydrogen) atoms. The molecule has 2 aliphatic heterocycles. The molecule has 2 atom stereocenters. The molecule has 0 bridgehead atoms. The Morgan fingerprint density at radius 1 is 1.31 bits per heavy atom. The fraction of sp³-hybridized carbons (Fsp3) is 0.632. The predicted molar refractivity (Wildman–Crippen MR) is 95.8 cm³/mol. The minimum Gasteiger partial charge on any atom is -0.472 e. The maximum atomic E-state index is 11.7. The minimum absolute atomic E-state index is 0.0271. The Bertz CT molecular complexity index is 743. The lowest BCUT2D eigenvalue weighted by molar-refractivity contribution is -0.129. The van der Waals surface area contributed by atoms with Gasteiger partial charge in [-0.3, -0.25) is 9.69 Å². The molecule has 1 saturated heterocycles. The minimum atomic E-state index is -0.924. The summed E-state index contributed by atoms with van der Waals surface area (Å²) in [5, 5.41) is 9.62. The van der Waals surface area contributed by atoms with Gasteiger partial charge < -0.3 is 14.7 Å². The number of hydrogen-bond donors (Lipinski definition) is 1. The second-order valence-corrected chi connectivity index (χ2v) is 8.49. The van der Waals surface area contributed by atoms with Crippen LogP contribution in [0.3, 0.4) is 0 Å². The third kappa shape index (κ3) is 3.10. The van der Waals surface area contributed by atoms with Gasteiger partial charge in [-0.1, -0.05) is 20.8 Å². The number of amides is 2. The molecule has 0 unspecified atom stereocenters. The van der Waals surface area contributed by atoms with Crippen molar-refractivity contribution in [3.05, 3.63) is 23.4 Å². The summed E-state index contributed by atoms with van der Waals surface area (Å²) in [6.07, 6.45) is -0.556. The first kappa shape index (κ1) is 18.5. The topological polar surface area (TPSA) is 83.0 Å². The fourth-order valence-electron chi connectivity index (χ4n) is 3.79. The molecule has 0 radical (unpaired) electrons. The molecule has 1 fully saturated rings. The molecule has 2 amide bonds. The summed E-state index contributed by atoms with van der Waals surface area (Å²) in [5.74, 6) is 0.516. The number of nitrogens with zero attached hydrogens (tertiary/aromatic N) is 3. The predicted octanol–water partition coefficient (Wildman–Crippen LogP) is 2.88. The molecule has 1 N–H and O–H groups in total. The van der Waals surface area contributed by atoms with Gasteiger partial charge in [0, 0.05) is 26.0 Å². The summed E-state index contributed by atoms with van der Waals surface area (Å²) in [6, 6.07) is 3.74. The van der Waals surface area contributed by atoms with Gasteiger partial charge in [-0.05, 0) is 24.0 Å². The van der Waals surface area contributed by atoms with E-state index in [0.717, 1.165) is 11.3 Å². The molecule has 1 aromatic rings. The number of carboxylic acid groups (broad SMARTS) is 1. The van der Waals surface area contributed by atoms with Crippen molar-refractivity contribution in [3.8, 4) is 5.88 Å². The molecule has 3 heterocycles. The highest BCUT2D eigenvalue weighted by molar-refractivity contribution is 5.74. The van der Waals surface area contributed by atoms with Crippen LogP contribution in [0.1, 0.15) is 52.3 Å². The third-order valence-corrected chi connectivity index (χ3v) is 5.93. The van der Waals surface area contributed by atoms with Crippen LogP contribution in [-0.2, 0) is 17.9 Å². The van der Waals surface area contributed by atoms with E-state index in [0.29, 0.717) is 31.9 Å². The van der Waals surface area contributed by atoms with E-state index in [1.807, 2.05) is 13.0 Å². The number of rotatable bonds is 2. The first-order valence-corrected chi connectivity index (χ1v) is 8.93. The molecule has 2 aliphatic rings. The van der Waals surface area contributed by atoms with Crippen LogP contribution in [0.25, 0.3) is 0 Å². The average molecular weight is 361 g/mol. The third-order valence-electron chi connectivity index (χ3n) is 5.93. The zero-order valence-corrected chi connectivity index (χ0v) is 16.1. The van der Waals surface area contributed by atoms with Crippen LogP contribution in [0.15, 0.2) is 12.1 Å². The number of fused-ring (bicyclic) bond motifs is 1. The Morgan fingerprint density at radius 2 is 2.00 bits per heavy atom. The van der Waals surface area contributed by atoms with E-state index in [9.17, 15) is 14.7 Å². The fourth-order valence-corrected chi connectivity index (χ4v) is 3.79. The molecular formula is C19H27N3O4. The number of likely N-dealkylation sites (tertiary alicyclic amines) is 1. The van der Waals surface area contributed by atoms with Crippen molar-refractivity contribution in [1.82, 2.24) is 14.8 Å². The second kappa shape index (κ2) is 6.14. The molecule has 0 aliphatic carbocycles. The molecule has 7 heteroatoms. The highest BCUT2D eigenvalue weighted by Gasteiger charge is 2.52. The standard InChI is InChI=1S/C19H27N3O4/c1-12(23)21-9-13-6-7-16(20-15(13)11-21)26-14-8-19(5,18(2,3)4)22(10-14)17(24)25/h6-7,14H,8-11H2,1-5H3,(H,24,25)/t14-,19+/m1/s1. The second-order valence-electron chi connectivity index (χ2n) is 8.49. The Hall–Kier alpha value is -2.31. The van der Waals surface area contributed by atoms with Crippen LogP contribution in [0.5, 0.6) is 5.88 Å². The first-order valence-electron chi connectivity index (χ1n) is 8.93. The highest BCUT2D eigenvalue weighted by Crippen LogP contribution is 2.44. The van der Waals surface area contributed by atoms with Crippen molar-refractivity contribution in [3.63, 3.8) is 0 Å². The lowest BCUT2D eigenvalue weighted by Crippen LogP contribution is -2.52. The number of carbonyl (C=O) groups is 2. The number of aromatic nitrogens is 1. The normalized spacial score (nSPS) is 25.3. The molecule has 0 spiro atoms. The molecule has 1 aromatic heterocycles. The summed E-state index contributed by atoms with van der Waals surface area (Å²) in [6.45, 7) is 11.1. The van der Waals surface area contributed by atoms with Crippen LogP contribution >= 0.6 is 0 Å². The van der Waals surface area contributed by atoms with E-state index < -0.39 is 11.6 Å². The first-order chi connectivity index (χ1) is 12.0. The number of pyridine rings is 1. The SMILES string of the molecule is CC(=O)N1Cc2ccc(O[C@H]3CN(C(=O)O)[C@](C)(C(C)(C)C)C3)nc2C1. The zero-order chi connectivity index (χ0) is 19.3. The molecule has 7 nitrogen and oxygen atoms in total. The Balaban J connectivity index is 1.76. The van der Waals surface area contributed by atoms with Gasteiger partial charge in [-0.2, -0.15) is 0 Å². The quantitative estimate of drug-likeness (QED) is 0.876. The van der Waals surface area contributed by atoms with Gasteiger partial charge >= 0.3 is 6.09 Å². The largest absolute Gasteiger partial charge is 0.472 e. The molecule has 3 rings (SSSR count). The molecule has 142 valence electrons. The summed E-state index contributed by atoms with van der Waals surface area (Å²) in [7, 11) is 0. The summed E-state index contributed by atoms with van der Waals surface area (Å²) in [5.41, 5.74) is 1.16. The van der Waals surface area contributed by atoms with E-state index in [2.05, 4.69) is 25.8 Å². The monoisotopic (exact) mass is 361 g/mol. The van der Waals surface area contributed by atoms with E-state index in [4.69, 9.17) is 4.74 Å². The van der Waals surface area contributed by atoms with Gasteiger partial charge in [0.2, 0.25) is 11.8 Å². The summed E-state index contributed by atoms with van der Waals surface area (Å²) < 4.78 is 6.05. The van der Waals surface area contributed by atoms with Crippen LogP contribution in [0.4, 0.5) is 4.79 Å². The lowest BCUT2D eigenvalue weighted by atomic mass is 9.73. The van der Waals surface area contributed by atoms with Gasteiger partial charge in [-0.25, -0.2) is 9.78 Å². The number of carbonyl (C=O) groups excluding carboxylic acids is 1. The smallest absolute Gasteiger partial charge is 0.407 e. The van der Waals surface area contributed by atoms with Crippen LogP contribution < -0.4 is 4.74 Å². The molecule has 0 saturated carbocycles. The maximum absolute atomic E-state index is 11.7. The van der Waals surface area contributed by atoms with E-state index in [1.54, 1.807) is 17.9 Å². The summed E-state index contributed by atoms with van der Waals surface area (Å²) >= 11 is 0. The van der Waals surface area contributed by atoms with Crippen LogP contribution in [0, 0.1) is 5.41 Å². The van der Waals surface area contributed by atoms with Crippen molar-refractivity contribution in [1.29, 1.82) is 0 Å². The van der Waals surface area contributed by atoms with Crippen molar-refractivity contribution in [2.45, 2.75) is 65.8 Å². The van der Waals surface area contributed by atoms with E-state index in [-0.39, 0.29) is 17.4 Å². The average Bonchev–Trinajstić information content (AvgIpc) is 3.08. The van der Waals surface area contributed by atoms with Gasteiger partial charge in [0.1, 0.15) is 6.10 Å². The van der Waals surface area contributed by atoms with E-state index >= 15 is 0 Å². The zero-order valence-electron chi connectivity index (χ0n) is 16.1. The van der Waals surface area contributed by atoms with E-state index in [1.165, 1.54) is 4.90 Å². The van der Waals surface area contributed by atoms with Gasteiger partial charge in [0.25, 0.3) is 0 Å². The number of ether oxygens (including phenoxy) is 1. The van der Waals surface area contributed by atoms with Crippen molar-refractivity contribution >= 4 is 12.0 Å². The van der Waals surface area contributed by atoms with Crippen LogP contribution in [0.2, 0.25) is 0 Å². The Morgan fingerprint density at radius 3 is 2.54 bits per heavy atom. The highest BCUT2D eigenvalue weighted by atomic mass is 16.5. The Kier molecular flexibility index (Phi) is 4.37. The van der Waals surface area contributed by atoms with Crippen LogP contribution in [-0.4, -0.2) is 50.1 Å². The summed E-state index contributed by atoms with van der Waals surface area (Å²) in [4.78, 5) is 31.1. The van der Waals surface area contributed by atoms with Gasteiger partial charge in [0.05, 0.1) is 24.3 Å². The molecule has 0 aromatic carbocycles.